The van der Waals surface area contributed by atoms with Crippen LogP contribution in [0.15, 0.2) is 30.5 Å². The van der Waals surface area contributed by atoms with Crippen molar-refractivity contribution < 1.29 is 14.0 Å². The van der Waals surface area contributed by atoms with Crippen molar-refractivity contribution >= 4 is 5.82 Å². The molecule has 2 N–H and O–H groups in total. The average Bonchev–Trinajstić information content (AvgIpc) is 2.98. The van der Waals surface area contributed by atoms with Crippen molar-refractivity contribution in [2.75, 3.05) is 12.8 Å². The molecule has 0 saturated carbocycles. The SMILES string of the molecule is CC1Oc2cc(cnc2N)-c2c(nn(C)c2C#N)CN(C)Oc2ccc(F)cc21. The van der Waals surface area contributed by atoms with Crippen LogP contribution in [-0.4, -0.2) is 26.9 Å². The fourth-order valence-electron chi connectivity index (χ4n) is 3.39. The van der Waals surface area contributed by atoms with E-state index in [4.69, 9.17) is 15.3 Å². The second-order valence-electron chi connectivity index (χ2n) is 6.83. The number of halogens is 1. The first kappa shape index (κ1) is 18.7. The van der Waals surface area contributed by atoms with Crippen LogP contribution in [0, 0.1) is 17.1 Å². The predicted molar refractivity (Wildman–Crippen MR) is 103 cm³/mol. The minimum atomic E-state index is -0.559. The van der Waals surface area contributed by atoms with Crippen molar-refractivity contribution in [2.45, 2.75) is 19.6 Å². The molecule has 9 heteroatoms. The second kappa shape index (κ2) is 7.07. The number of aromatic nitrogens is 3. The van der Waals surface area contributed by atoms with E-state index >= 15 is 0 Å². The van der Waals surface area contributed by atoms with E-state index < -0.39 is 11.9 Å². The molecule has 8 nitrogen and oxygen atoms in total. The van der Waals surface area contributed by atoms with Crippen LogP contribution in [0.3, 0.4) is 0 Å². The van der Waals surface area contributed by atoms with Crippen LogP contribution in [0.1, 0.15) is 30.0 Å². The fraction of sp³-hybridized carbons (Fsp3) is 0.250. The third kappa shape index (κ3) is 3.34. The molecule has 0 aliphatic carbocycles. The van der Waals surface area contributed by atoms with Crippen molar-refractivity contribution in [3.63, 3.8) is 0 Å². The number of pyridine rings is 1. The minimum absolute atomic E-state index is 0.192. The van der Waals surface area contributed by atoms with Gasteiger partial charge in [0, 0.05) is 37.0 Å². The van der Waals surface area contributed by atoms with Gasteiger partial charge in [-0.25, -0.2) is 9.37 Å². The lowest BCUT2D eigenvalue weighted by Crippen LogP contribution is -2.24. The van der Waals surface area contributed by atoms with Gasteiger partial charge in [0.1, 0.15) is 23.7 Å². The Morgan fingerprint density at radius 3 is 2.83 bits per heavy atom. The van der Waals surface area contributed by atoms with E-state index in [1.165, 1.54) is 16.8 Å². The lowest BCUT2D eigenvalue weighted by atomic mass is 10.0. The lowest BCUT2D eigenvalue weighted by Gasteiger charge is -2.24. The highest BCUT2D eigenvalue weighted by Gasteiger charge is 2.24. The van der Waals surface area contributed by atoms with Crippen molar-refractivity contribution in [1.29, 1.82) is 5.26 Å². The second-order valence-corrected chi connectivity index (χ2v) is 6.83. The molecule has 3 aromatic rings. The van der Waals surface area contributed by atoms with Crippen LogP contribution in [0.2, 0.25) is 0 Å². The molecule has 148 valence electrons. The number of ether oxygens (including phenoxy) is 1. The molecule has 0 saturated heterocycles. The van der Waals surface area contributed by atoms with Gasteiger partial charge in [-0.05, 0) is 31.2 Å². The van der Waals surface area contributed by atoms with E-state index in [9.17, 15) is 9.65 Å². The van der Waals surface area contributed by atoms with Crippen molar-refractivity contribution in [3.8, 4) is 28.7 Å². The number of aryl methyl sites for hydroxylation is 1. The van der Waals surface area contributed by atoms with Crippen LogP contribution < -0.4 is 15.3 Å². The molecule has 1 aliphatic rings. The van der Waals surface area contributed by atoms with E-state index in [0.29, 0.717) is 39.6 Å². The first-order valence-electron chi connectivity index (χ1n) is 8.94. The van der Waals surface area contributed by atoms with E-state index in [2.05, 4.69) is 16.2 Å². The van der Waals surface area contributed by atoms with E-state index in [1.54, 1.807) is 44.4 Å². The summed E-state index contributed by atoms with van der Waals surface area (Å²) >= 11 is 0. The highest BCUT2D eigenvalue weighted by atomic mass is 19.1. The molecule has 3 heterocycles. The number of nitrogens with zero attached hydrogens (tertiary/aromatic N) is 5. The Labute approximate surface area is 166 Å². The highest BCUT2D eigenvalue weighted by molar-refractivity contribution is 5.73. The number of fused-ring (bicyclic) bond motifs is 5. The summed E-state index contributed by atoms with van der Waals surface area (Å²) in [6.07, 6.45) is 1.02. The number of nitriles is 1. The maximum atomic E-state index is 13.9. The number of nitrogen functional groups attached to an aromatic ring is 1. The summed E-state index contributed by atoms with van der Waals surface area (Å²) in [6.45, 7) is 2.06. The summed E-state index contributed by atoms with van der Waals surface area (Å²) in [4.78, 5) is 10.2. The third-order valence-electron chi connectivity index (χ3n) is 4.74. The predicted octanol–water partition coefficient (Wildman–Crippen LogP) is 2.95. The highest BCUT2D eigenvalue weighted by Crippen LogP contribution is 2.37. The van der Waals surface area contributed by atoms with Crippen LogP contribution in [0.5, 0.6) is 11.5 Å². The van der Waals surface area contributed by atoms with Crippen molar-refractivity contribution in [2.24, 2.45) is 7.05 Å². The molecular weight excluding hydrogens is 375 g/mol. The normalized spacial score (nSPS) is 16.3. The van der Waals surface area contributed by atoms with Gasteiger partial charge in [-0.2, -0.15) is 10.4 Å². The van der Waals surface area contributed by atoms with E-state index in [0.717, 1.165) is 0 Å². The zero-order valence-electron chi connectivity index (χ0n) is 16.2. The Morgan fingerprint density at radius 1 is 1.28 bits per heavy atom. The number of hydrogen-bond acceptors (Lipinski definition) is 7. The van der Waals surface area contributed by atoms with Gasteiger partial charge in [-0.1, -0.05) is 0 Å². The zero-order valence-corrected chi connectivity index (χ0v) is 16.2. The van der Waals surface area contributed by atoms with Gasteiger partial charge in [-0.3, -0.25) is 4.68 Å². The molecule has 0 spiro atoms. The molecule has 1 unspecified atom stereocenters. The van der Waals surface area contributed by atoms with E-state index in [-0.39, 0.29) is 12.4 Å². The quantitative estimate of drug-likeness (QED) is 0.625. The zero-order chi connectivity index (χ0) is 20.7. The number of hydrogen-bond donors (Lipinski definition) is 1. The van der Waals surface area contributed by atoms with Gasteiger partial charge in [-0.15, -0.1) is 5.06 Å². The molecule has 1 aliphatic heterocycles. The van der Waals surface area contributed by atoms with E-state index in [1.807, 2.05) is 0 Å². The average molecular weight is 394 g/mol. The van der Waals surface area contributed by atoms with Crippen LogP contribution in [-0.2, 0) is 13.6 Å². The standard InChI is InChI=1S/C20H19FN6O2/c1-11-14-7-13(21)4-5-17(14)29-26(2)10-15-19(16(8-22)27(3)25-15)12-6-18(28-11)20(23)24-9-12/h4-7,9,11H,10H2,1-3H3,(H2,23,24). The third-order valence-corrected chi connectivity index (χ3v) is 4.74. The van der Waals surface area contributed by atoms with Crippen molar-refractivity contribution in [3.05, 3.63) is 53.2 Å². The van der Waals surface area contributed by atoms with Gasteiger partial charge in [0.05, 0.1) is 12.2 Å². The van der Waals surface area contributed by atoms with Gasteiger partial charge in [0.2, 0.25) is 0 Å². The van der Waals surface area contributed by atoms with Gasteiger partial charge in [0.15, 0.2) is 17.3 Å². The minimum Gasteiger partial charge on any atom is -0.482 e. The Hall–Kier alpha value is -3.64. The smallest absolute Gasteiger partial charge is 0.166 e. The van der Waals surface area contributed by atoms with Crippen LogP contribution >= 0.6 is 0 Å². The fourth-order valence-corrected chi connectivity index (χ4v) is 3.39. The summed E-state index contributed by atoms with van der Waals surface area (Å²) in [7, 11) is 3.44. The van der Waals surface area contributed by atoms with Crippen LogP contribution in [0.4, 0.5) is 10.2 Å². The topological polar surface area (TPSA) is 102 Å². The summed E-state index contributed by atoms with van der Waals surface area (Å²) in [6, 6.07) is 8.14. The molecule has 0 radical (unpaired) electrons. The number of rotatable bonds is 0. The monoisotopic (exact) mass is 394 g/mol. The molecule has 0 fully saturated rings. The first-order chi connectivity index (χ1) is 13.9. The molecule has 1 atom stereocenters. The van der Waals surface area contributed by atoms with Crippen molar-refractivity contribution in [1.82, 2.24) is 19.8 Å². The summed E-state index contributed by atoms with van der Waals surface area (Å²) in [5.74, 6) is 0.571. The molecule has 4 rings (SSSR count). The Bertz CT molecular complexity index is 1140. The Kier molecular flexibility index (Phi) is 4.56. The van der Waals surface area contributed by atoms with Crippen LogP contribution in [0.25, 0.3) is 11.1 Å². The van der Waals surface area contributed by atoms with Gasteiger partial charge < -0.3 is 15.3 Å². The molecule has 2 aromatic heterocycles. The number of hydroxylamine groups is 2. The molecule has 0 amide bonds. The first-order valence-corrected chi connectivity index (χ1v) is 8.94. The molecule has 29 heavy (non-hydrogen) atoms. The largest absolute Gasteiger partial charge is 0.482 e. The van der Waals surface area contributed by atoms with Gasteiger partial charge in [0.25, 0.3) is 0 Å². The molecule has 1 aromatic carbocycles. The molecule has 2 bridgehead atoms. The number of nitrogens with two attached hydrogens (primary N) is 1. The lowest BCUT2D eigenvalue weighted by molar-refractivity contribution is -0.0433. The molecular formula is C20H19FN6O2. The summed E-state index contributed by atoms with van der Waals surface area (Å²) in [5, 5.41) is 15.7. The summed E-state index contributed by atoms with van der Waals surface area (Å²) < 4.78 is 21.4. The van der Waals surface area contributed by atoms with Gasteiger partial charge >= 0.3 is 0 Å². The number of benzene rings is 1. The summed E-state index contributed by atoms with van der Waals surface area (Å²) in [5.41, 5.74) is 8.83. The number of anilines is 1. The maximum absolute atomic E-state index is 13.9. The maximum Gasteiger partial charge on any atom is 0.166 e. The Morgan fingerprint density at radius 2 is 2.07 bits per heavy atom. The Balaban J connectivity index is 1.93.